The van der Waals surface area contributed by atoms with Gasteiger partial charge in [0.1, 0.15) is 11.5 Å². The molecule has 2 nitrogen and oxygen atoms in total. The van der Waals surface area contributed by atoms with Crippen molar-refractivity contribution in [1.29, 1.82) is 0 Å². The van der Waals surface area contributed by atoms with Crippen molar-refractivity contribution in [2.75, 3.05) is 7.11 Å². The molecule has 2 rings (SSSR count). The summed E-state index contributed by atoms with van der Waals surface area (Å²) in [4.78, 5) is 0. The fraction of sp³-hybridized carbons (Fsp3) is 0.200. The monoisotopic (exact) mass is 262 g/mol. The lowest BCUT2D eigenvalue weighted by atomic mass is 10.2. The van der Waals surface area contributed by atoms with Gasteiger partial charge in [0, 0.05) is 13.0 Å². The highest BCUT2D eigenvalue weighted by Gasteiger charge is 2.00. The maximum Gasteiger partial charge on any atom is 0.127 e. The summed E-state index contributed by atoms with van der Waals surface area (Å²) in [6.45, 7) is 0.582. The zero-order valence-corrected chi connectivity index (χ0v) is 11.0. The summed E-state index contributed by atoms with van der Waals surface area (Å²) >= 11 is 5.80. The van der Waals surface area contributed by atoms with E-state index in [0.717, 1.165) is 22.6 Å². The lowest BCUT2D eigenvalue weighted by Gasteiger charge is -2.08. The zero-order chi connectivity index (χ0) is 12.8. The van der Waals surface area contributed by atoms with Gasteiger partial charge in [-0.3, -0.25) is 0 Å². The van der Waals surface area contributed by atoms with Crippen molar-refractivity contribution in [3.05, 3.63) is 59.7 Å². The van der Waals surface area contributed by atoms with E-state index >= 15 is 0 Å². The van der Waals surface area contributed by atoms with E-state index in [-0.39, 0.29) is 0 Å². The first-order chi connectivity index (χ1) is 8.81. The predicted molar refractivity (Wildman–Crippen MR) is 73.2 cm³/mol. The number of hydrogen-bond acceptors (Lipinski definition) is 2. The first-order valence-electron chi connectivity index (χ1n) is 5.72. The summed E-state index contributed by atoms with van der Waals surface area (Å²) in [6, 6.07) is 15.6. The number of rotatable bonds is 5. The van der Waals surface area contributed by atoms with Gasteiger partial charge in [0.05, 0.1) is 6.61 Å². The molecule has 0 heterocycles. The summed E-state index contributed by atoms with van der Waals surface area (Å²) in [5.74, 6) is 2.08. The van der Waals surface area contributed by atoms with Crippen LogP contribution in [0.4, 0.5) is 0 Å². The molecule has 2 aromatic rings. The summed E-state index contributed by atoms with van der Waals surface area (Å²) in [7, 11) is 1.68. The Kier molecular flexibility index (Phi) is 4.62. The van der Waals surface area contributed by atoms with Crippen LogP contribution in [0.1, 0.15) is 11.1 Å². The average molecular weight is 263 g/mol. The minimum absolute atomic E-state index is 0.487. The van der Waals surface area contributed by atoms with E-state index in [1.807, 2.05) is 48.5 Å². The van der Waals surface area contributed by atoms with E-state index < -0.39 is 0 Å². The van der Waals surface area contributed by atoms with Gasteiger partial charge >= 0.3 is 0 Å². The third-order valence-electron chi connectivity index (χ3n) is 2.50. The molecule has 0 aliphatic heterocycles. The predicted octanol–water partition coefficient (Wildman–Crippen LogP) is 4.36. The molecule has 2 aromatic carbocycles. The summed E-state index contributed by atoms with van der Waals surface area (Å²) < 4.78 is 10.9. The molecule has 94 valence electrons. The molecule has 0 saturated carbocycles. The van der Waals surface area contributed by atoms with Crippen molar-refractivity contribution >= 4 is 11.6 Å². The number of halogens is 1. The van der Waals surface area contributed by atoms with Crippen LogP contribution in [0.5, 0.6) is 11.5 Å². The second-order valence-electron chi connectivity index (χ2n) is 3.96. The van der Waals surface area contributed by atoms with E-state index in [0.29, 0.717) is 12.5 Å². The first-order valence-corrected chi connectivity index (χ1v) is 6.26. The molecule has 0 aliphatic carbocycles. The number of ether oxygens (including phenoxy) is 2. The van der Waals surface area contributed by atoms with Gasteiger partial charge in [0.2, 0.25) is 0 Å². The zero-order valence-electron chi connectivity index (χ0n) is 10.2. The van der Waals surface area contributed by atoms with Crippen LogP contribution in [-0.2, 0) is 17.2 Å². The fourth-order valence-electron chi connectivity index (χ4n) is 1.69. The molecule has 0 aromatic heterocycles. The van der Waals surface area contributed by atoms with Crippen LogP contribution in [0, 0.1) is 0 Å². The van der Waals surface area contributed by atoms with E-state index in [1.165, 1.54) is 0 Å². The van der Waals surface area contributed by atoms with Gasteiger partial charge in [-0.15, -0.1) is 11.6 Å². The van der Waals surface area contributed by atoms with E-state index in [2.05, 4.69) is 0 Å². The van der Waals surface area contributed by atoms with E-state index in [4.69, 9.17) is 21.1 Å². The van der Waals surface area contributed by atoms with Gasteiger partial charge < -0.3 is 9.47 Å². The Hall–Kier alpha value is -1.51. The Morgan fingerprint density at radius 2 is 1.56 bits per heavy atom. The Morgan fingerprint density at radius 1 is 0.944 bits per heavy atom. The third-order valence-corrected chi connectivity index (χ3v) is 2.81. The second kappa shape index (κ2) is 6.43. The van der Waals surface area contributed by atoms with Crippen molar-refractivity contribution < 1.29 is 9.47 Å². The molecular formula is C15H15ClO2. The van der Waals surface area contributed by atoms with E-state index in [9.17, 15) is 0 Å². The Bertz CT molecular complexity index is 511. The van der Waals surface area contributed by atoms with Crippen molar-refractivity contribution in [3.8, 4) is 11.5 Å². The molecule has 0 radical (unpaired) electrons. The van der Waals surface area contributed by atoms with Crippen molar-refractivity contribution in [2.24, 2.45) is 0 Å². The van der Waals surface area contributed by atoms with Crippen LogP contribution in [0.25, 0.3) is 0 Å². The third kappa shape index (κ3) is 3.49. The van der Waals surface area contributed by atoms with Gasteiger partial charge in [-0.05, 0) is 35.4 Å². The standard InChI is InChI=1S/C15H15ClO2/c1-17-11-13-5-3-7-15(9-13)18-14-6-2-4-12(8-14)10-16/h2-9H,10-11H2,1H3. The molecule has 0 atom stereocenters. The highest BCUT2D eigenvalue weighted by atomic mass is 35.5. The topological polar surface area (TPSA) is 18.5 Å². The average Bonchev–Trinajstić information content (AvgIpc) is 2.40. The van der Waals surface area contributed by atoms with Crippen molar-refractivity contribution in [2.45, 2.75) is 12.5 Å². The molecule has 0 fully saturated rings. The number of alkyl halides is 1. The second-order valence-corrected chi connectivity index (χ2v) is 4.23. The molecule has 0 spiro atoms. The fourth-order valence-corrected chi connectivity index (χ4v) is 1.86. The van der Waals surface area contributed by atoms with Gasteiger partial charge in [-0.2, -0.15) is 0 Å². The first kappa shape index (κ1) is 12.9. The van der Waals surface area contributed by atoms with Gasteiger partial charge in [0.15, 0.2) is 0 Å². The van der Waals surface area contributed by atoms with Gasteiger partial charge in [-0.25, -0.2) is 0 Å². The summed E-state index contributed by atoms with van der Waals surface area (Å²) in [6.07, 6.45) is 0. The van der Waals surface area contributed by atoms with Crippen LogP contribution in [-0.4, -0.2) is 7.11 Å². The molecule has 0 amide bonds. The van der Waals surface area contributed by atoms with Crippen LogP contribution in [0.3, 0.4) is 0 Å². The smallest absolute Gasteiger partial charge is 0.127 e. The lowest BCUT2D eigenvalue weighted by Crippen LogP contribution is -1.90. The number of hydrogen-bond donors (Lipinski definition) is 0. The summed E-state index contributed by atoms with van der Waals surface area (Å²) in [5, 5.41) is 0. The Morgan fingerprint density at radius 3 is 2.17 bits per heavy atom. The minimum Gasteiger partial charge on any atom is -0.457 e. The van der Waals surface area contributed by atoms with Crippen LogP contribution in [0.2, 0.25) is 0 Å². The number of methoxy groups -OCH3 is 1. The largest absolute Gasteiger partial charge is 0.457 e. The molecule has 0 saturated heterocycles. The maximum absolute atomic E-state index is 5.80. The van der Waals surface area contributed by atoms with Crippen LogP contribution < -0.4 is 4.74 Å². The minimum atomic E-state index is 0.487. The quantitative estimate of drug-likeness (QED) is 0.745. The van der Waals surface area contributed by atoms with Crippen LogP contribution >= 0.6 is 11.6 Å². The van der Waals surface area contributed by atoms with Gasteiger partial charge in [0.25, 0.3) is 0 Å². The Labute approximate surface area is 112 Å². The molecular weight excluding hydrogens is 248 g/mol. The lowest BCUT2D eigenvalue weighted by molar-refractivity contribution is 0.184. The normalized spacial score (nSPS) is 10.3. The molecule has 0 aliphatic rings. The maximum atomic E-state index is 5.80. The SMILES string of the molecule is COCc1cccc(Oc2cccc(CCl)c2)c1. The summed E-state index contributed by atoms with van der Waals surface area (Å²) in [5.41, 5.74) is 2.13. The van der Waals surface area contributed by atoms with E-state index in [1.54, 1.807) is 7.11 Å². The van der Waals surface area contributed by atoms with Gasteiger partial charge in [-0.1, -0.05) is 24.3 Å². The molecule has 18 heavy (non-hydrogen) atoms. The molecule has 0 unspecified atom stereocenters. The molecule has 0 bridgehead atoms. The van der Waals surface area contributed by atoms with Crippen LogP contribution in [0.15, 0.2) is 48.5 Å². The Balaban J connectivity index is 2.14. The highest BCUT2D eigenvalue weighted by Crippen LogP contribution is 2.23. The molecule has 3 heteroatoms. The highest BCUT2D eigenvalue weighted by molar-refractivity contribution is 6.17. The molecule has 0 N–H and O–H groups in total. The number of benzene rings is 2. The van der Waals surface area contributed by atoms with Crippen molar-refractivity contribution in [3.63, 3.8) is 0 Å². The van der Waals surface area contributed by atoms with Crippen molar-refractivity contribution in [1.82, 2.24) is 0 Å².